The summed E-state index contributed by atoms with van der Waals surface area (Å²) in [7, 11) is 0. The fourth-order valence-electron chi connectivity index (χ4n) is 2.96. The summed E-state index contributed by atoms with van der Waals surface area (Å²) in [5.74, 6) is 0. The molecule has 1 aliphatic heterocycles. The smallest absolute Gasteiger partial charge is 0.0366 e. The van der Waals surface area contributed by atoms with Gasteiger partial charge in [0, 0.05) is 24.3 Å². The summed E-state index contributed by atoms with van der Waals surface area (Å²) in [4.78, 5) is 2.56. The van der Waals surface area contributed by atoms with Crippen LogP contribution in [0.15, 0.2) is 30.3 Å². The molecule has 0 bridgehead atoms. The van der Waals surface area contributed by atoms with Gasteiger partial charge < -0.3 is 10.2 Å². The van der Waals surface area contributed by atoms with Crippen LogP contribution in [-0.4, -0.2) is 25.2 Å². The Hall–Kier alpha value is -1.02. The Morgan fingerprint density at radius 3 is 2.63 bits per heavy atom. The van der Waals surface area contributed by atoms with Crippen LogP contribution in [0.25, 0.3) is 0 Å². The van der Waals surface area contributed by atoms with Gasteiger partial charge in [0.05, 0.1) is 0 Å². The highest BCUT2D eigenvalue weighted by atomic mass is 15.2. The van der Waals surface area contributed by atoms with Crippen LogP contribution in [0.4, 0.5) is 5.69 Å². The van der Waals surface area contributed by atoms with E-state index in [1.165, 1.54) is 44.3 Å². The van der Waals surface area contributed by atoms with Crippen molar-refractivity contribution in [3.05, 3.63) is 30.3 Å². The monoisotopic (exact) mass is 260 g/mol. The summed E-state index contributed by atoms with van der Waals surface area (Å²) in [6, 6.07) is 10.9. The van der Waals surface area contributed by atoms with E-state index in [4.69, 9.17) is 0 Å². The van der Waals surface area contributed by atoms with E-state index in [0.29, 0.717) is 0 Å². The average molecular weight is 260 g/mol. The van der Waals surface area contributed by atoms with Gasteiger partial charge in [-0.2, -0.15) is 0 Å². The molecule has 1 aliphatic rings. The van der Waals surface area contributed by atoms with Crippen LogP contribution in [0.1, 0.15) is 46.0 Å². The van der Waals surface area contributed by atoms with Crippen LogP contribution < -0.4 is 10.2 Å². The maximum Gasteiger partial charge on any atom is 0.0366 e. The normalized spacial score (nSPS) is 23.3. The van der Waals surface area contributed by atoms with E-state index in [2.05, 4.69) is 54.4 Å². The van der Waals surface area contributed by atoms with Gasteiger partial charge in [-0.1, -0.05) is 38.0 Å². The van der Waals surface area contributed by atoms with Gasteiger partial charge >= 0.3 is 0 Å². The number of benzene rings is 1. The zero-order valence-corrected chi connectivity index (χ0v) is 12.5. The molecule has 106 valence electrons. The summed E-state index contributed by atoms with van der Waals surface area (Å²) < 4.78 is 0. The van der Waals surface area contributed by atoms with Gasteiger partial charge in [-0.25, -0.2) is 0 Å². The summed E-state index contributed by atoms with van der Waals surface area (Å²) >= 11 is 0. The van der Waals surface area contributed by atoms with E-state index >= 15 is 0 Å². The number of nitrogens with one attached hydrogen (secondary N) is 1. The standard InChI is InChI=1S/C17H28N2/c1-3-4-14-19(16-10-6-5-7-11-16)15-17(2)12-8-9-13-18-17/h5-7,10-11,18H,3-4,8-9,12-15H2,1-2H3. The molecule has 1 atom stereocenters. The lowest BCUT2D eigenvalue weighted by atomic mass is 9.90. The summed E-state index contributed by atoms with van der Waals surface area (Å²) in [5, 5.41) is 3.73. The van der Waals surface area contributed by atoms with Gasteiger partial charge in [0.25, 0.3) is 0 Å². The first-order chi connectivity index (χ1) is 9.23. The number of hydrogen-bond acceptors (Lipinski definition) is 2. The quantitative estimate of drug-likeness (QED) is 0.836. The molecule has 0 aromatic heterocycles. The van der Waals surface area contributed by atoms with E-state index in [1.54, 1.807) is 0 Å². The van der Waals surface area contributed by atoms with Crippen LogP contribution in [0.2, 0.25) is 0 Å². The van der Waals surface area contributed by atoms with Gasteiger partial charge in [0.1, 0.15) is 0 Å². The minimum atomic E-state index is 0.280. The first-order valence-electron chi connectivity index (χ1n) is 7.78. The van der Waals surface area contributed by atoms with E-state index in [9.17, 15) is 0 Å². The largest absolute Gasteiger partial charge is 0.370 e. The Bertz CT molecular complexity index is 355. The Balaban J connectivity index is 2.05. The molecule has 0 radical (unpaired) electrons. The predicted molar refractivity (Wildman–Crippen MR) is 83.8 cm³/mol. The number of anilines is 1. The third-order valence-electron chi connectivity index (χ3n) is 4.15. The SMILES string of the molecule is CCCCN(CC1(C)CCCCN1)c1ccccc1. The van der Waals surface area contributed by atoms with Gasteiger partial charge in [-0.3, -0.25) is 0 Å². The minimum absolute atomic E-state index is 0.280. The zero-order chi connectivity index (χ0) is 13.6. The van der Waals surface area contributed by atoms with Crippen molar-refractivity contribution >= 4 is 5.69 Å². The molecule has 1 heterocycles. The molecule has 19 heavy (non-hydrogen) atoms. The van der Waals surface area contributed by atoms with Crippen molar-refractivity contribution in [2.45, 2.75) is 51.5 Å². The molecule has 2 heteroatoms. The maximum atomic E-state index is 3.73. The summed E-state index contributed by atoms with van der Waals surface area (Å²) in [5.41, 5.74) is 1.64. The Morgan fingerprint density at radius 1 is 1.21 bits per heavy atom. The predicted octanol–water partition coefficient (Wildman–Crippen LogP) is 3.83. The van der Waals surface area contributed by atoms with E-state index in [0.717, 1.165) is 13.1 Å². The van der Waals surface area contributed by atoms with Crippen molar-refractivity contribution in [1.29, 1.82) is 0 Å². The second-order valence-electron chi connectivity index (χ2n) is 6.06. The molecule has 2 nitrogen and oxygen atoms in total. The van der Waals surface area contributed by atoms with E-state index in [-0.39, 0.29) is 5.54 Å². The first-order valence-corrected chi connectivity index (χ1v) is 7.78. The topological polar surface area (TPSA) is 15.3 Å². The van der Waals surface area contributed by atoms with Crippen LogP contribution in [0, 0.1) is 0 Å². The molecule has 1 fully saturated rings. The van der Waals surface area contributed by atoms with Crippen LogP contribution >= 0.6 is 0 Å². The molecular formula is C17H28N2. The number of hydrogen-bond donors (Lipinski definition) is 1. The fourth-order valence-corrected chi connectivity index (χ4v) is 2.96. The van der Waals surface area contributed by atoms with Gasteiger partial charge in [0.15, 0.2) is 0 Å². The molecule has 0 saturated carbocycles. The van der Waals surface area contributed by atoms with E-state index in [1.807, 2.05) is 0 Å². The third-order valence-corrected chi connectivity index (χ3v) is 4.15. The number of nitrogens with zero attached hydrogens (tertiary/aromatic N) is 1. The van der Waals surface area contributed by atoms with Crippen LogP contribution in [-0.2, 0) is 0 Å². The zero-order valence-electron chi connectivity index (χ0n) is 12.5. The van der Waals surface area contributed by atoms with Crippen LogP contribution in [0.5, 0.6) is 0 Å². The van der Waals surface area contributed by atoms with Gasteiger partial charge in [0.2, 0.25) is 0 Å². The molecule has 0 spiro atoms. The van der Waals surface area contributed by atoms with Crippen molar-refractivity contribution in [3.63, 3.8) is 0 Å². The second-order valence-corrected chi connectivity index (χ2v) is 6.06. The maximum absolute atomic E-state index is 3.73. The number of para-hydroxylation sites is 1. The highest BCUT2D eigenvalue weighted by Gasteiger charge is 2.28. The Labute approximate surface area is 118 Å². The molecule has 0 aliphatic carbocycles. The molecule has 1 aromatic carbocycles. The highest BCUT2D eigenvalue weighted by molar-refractivity contribution is 5.46. The molecule has 1 N–H and O–H groups in total. The number of piperidine rings is 1. The van der Waals surface area contributed by atoms with Crippen molar-refractivity contribution in [2.24, 2.45) is 0 Å². The van der Waals surface area contributed by atoms with E-state index < -0.39 is 0 Å². The van der Waals surface area contributed by atoms with Crippen molar-refractivity contribution in [3.8, 4) is 0 Å². The van der Waals surface area contributed by atoms with Crippen molar-refractivity contribution in [2.75, 3.05) is 24.5 Å². The lowest BCUT2D eigenvalue weighted by molar-refractivity contribution is 0.280. The third kappa shape index (κ3) is 4.24. The lowest BCUT2D eigenvalue weighted by Crippen LogP contribution is -2.54. The molecule has 1 unspecified atom stereocenters. The van der Waals surface area contributed by atoms with Crippen molar-refractivity contribution < 1.29 is 0 Å². The van der Waals surface area contributed by atoms with Gasteiger partial charge in [-0.15, -0.1) is 0 Å². The van der Waals surface area contributed by atoms with Gasteiger partial charge in [-0.05, 0) is 44.9 Å². The Kier molecular flexibility index (Phi) is 5.26. The molecule has 1 aromatic rings. The minimum Gasteiger partial charge on any atom is -0.370 e. The molecule has 0 amide bonds. The molecule has 2 rings (SSSR count). The average Bonchev–Trinajstić information content (AvgIpc) is 2.45. The second kappa shape index (κ2) is 6.95. The number of rotatable bonds is 6. The van der Waals surface area contributed by atoms with Crippen molar-refractivity contribution in [1.82, 2.24) is 5.32 Å². The van der Waals surface area contributed by atoms with Crippen LogP contribution in [0.3, 0.4) is 0 Å². The number of unbranched alkanes of at least 4 members (excludes halogenated alkanes) is 1. The highest BCUT2D eigenvalue weighted by Crippen LogP contribution is 2.23. The molecular weight excluding hydrogens is 232 g/mol. The summed E-state index contributed by atoms with van der Waals surface area (Å²) in [6.07, 6.45) is 6.51. The molecule has 1 saturated heterocycles. The lowest BCUT2D eigenvalue weighted by Gasteiger charge is -2.40. The Morgan fingerprint density at radius 2 is 2.00 bits per heavy atom. The summed E-state index contributed by atoms with van der Waals surface area (Å²) in [6.45, 7) is 8.11. The fraction of sp³-hybridized carbons (Fsp3) is 0.647. The first kappa shape index (κ1) is 14.4.